The van der Waals surface area contributed by atoms with Crippen LogP contribution in [-0.4, -0.2) is 73.6 Å². The van der Waals surface area contributed by atoms with Gasteiger partial charge in [-0.2, -0.15) is 0 Å². The average Bonchev–Trinajstić information content (AvgIpc) is 3.17. The van der Waals surface area contributed by atoms with E-state index in [-0.39, 0.29) is 18.1 Å². The van der Waals surface area contributed by atoms with Crippen LogP contribution in [0.3, 0.4) is 0 Å². The second kappa shape index (κ2) is 9.84. The molecule has 1 fully saturated rings. The number of fused-ring (bicyclic) bond motifs is 1. The first kappa shape index (κ1) is 21.9. The molecular formula is C24H28N4O4. The summed E-state index contributed by atoms with van der Waals surface area (Å²) in [5, 5.41) is 3.62. The molecule has 1 aliphatic rings. The third kappa shape index (κ3) is 4.92. The van der Waals surface area contributed by atoms with E-state index in [2.05, 4.69) is 44.4 Å². The molecule has 0 spiro atoms. The highest BCUT2D eigenvalue weighted by molar-refractivity contribution is 6.11. The number of piperazine rings is 1. The van der Waals surface area contributed by atoms with Crippen molar-refractivity contribution in [1.29, 1.82) is 0 Å². The highest BCUT2D eigenvalue weighted by Gasteiger charge is 2.23. The summed E-state index contributed by atoms with van der Waals surface area (Å²) in [6.07, 6.45) is 0. The molecular weight excluding hydrogens is 408 g/mol. The SMILES string of the molecule is COC(=O)c1[nH]c2ccc(OC)cc2c1NC(=O)CN1CCN(Cc2ccccc2)CC1. The fourth-order valence-corrected chi connectivity index (χ4v) is 4.01. The van der Waals surface area contributed by atoms with E-state index in [4.69, 9.17) is 9.47 Å². The molecule has 1 saturated heterocycles. The van der Waals surface area contributed by atoms with E-state index in [1.807, 2.05) is 12.1 Å². The number of anilines is 1. The number of carbonyl (C=O) groups is 2. The highest BCUT2D eigenvalue weighted by Crippen LogP contribution is 2.31. The highest BCUT2D eigenvalue weighted by atomic mass is 16.5. The summed E-state index contributed by atoms with van der Waals surface area (Å²) in [5.41, 5.74) is 2.65. The predicted octanol–water partition coefficient (Wildman–Crippen LogP) is 2.72. The van der Waals surface area contributed by atoms with Crippen LogP contribution in [0.1, 0.15) is 16.1 Å². The Bertz CT molecular complexity index is 1090. The van der Waals surface area contributed by atoms with E-state index in [9.17, 15) is 9.59 Å². The van der Waals surface area contributed by atoms with E-state index in [0.29, 0.717) is 16.8 Å². The summed E-state index contributed by atoms with van der Waals surface area (Å²) in [4.78, 5) is 32.7. The number of H-pyrrole nitrogens is 1. The van der Waals surface area contributed by atoms with Gasteiger partial charge in [-0.1, -0.05) is 30.3 Å². The molecule has 8 heteroatoms. The van der Waals surface area contributed by atoms with Gasteiger partial charge in [-0.05, 0) is 23.8 Å². The Morgan fingerprint density at radius 3 is 2.41 bits per heavy atom. The Labute approximate surface area is 187 Å². The van der Waals surface area contributed by atoms with Gasteiger partial charge < -0.3 is 19.8 Å². The number of ether oxygens (including phenoxy) is 2. The largest absolute Gasteiger partial charge is 0.497 e. The molecule has 4 rings (SSSR count). The number of hydrogen-bond acceptors (Lipinski definition) is 6. The first-order valence-corrected chi connectivity index (χ1v) is 10.6. The van der Waals surface area contributed by atoms with Crippen molar-refractivity contribution in [2.24, 2.45) is 0 Å². The number of aromatic amines is 1. The molecule has 0 aliphatic carbocycles. The van der Waals surface area contributed by atoms with Crippen molar-refractivity contribution in [3.63, 3.8) is 0 Å². The summed E-state index contributed by atoms with van der Waals surface area (Å²) < 4.78 is 10.2. The molecule has 0 unspecified atom stereocenters. The number of nitrogens with zero attached hydrogens (tertiary/aromatic N) is 2. The van der Waals surface area contributed by atoms with Crippen molar-refractivity contribution < 1.29 is 19.1 Å². The predicted molar refractivity (Wildman–Crippen MR) is 123 cm³/mol. The summed E-state index contributed by atoms with van der Waals surface area (Å²) in [6.45, 7) is 4.61. The quantitative estimate of drug-likeness (QED) is 0.554. The summed E-state index contributed by atoms with van der Waals surface area (Å²) in [7, 11) is 2.89. The van der Waals surface area contributed by atoms with E-state index in [1.165, 1.54) is 12.7 Å². The van der Waals surface area contributed by atoms with Crippen LogP contribution < -0.4 is 10.1 Å². The Morgan fingerprint density at radius 1 is 1.00 bits per heavy atom. The van der Waals surface area contributed by atoms with E-state index < -0.39 is 5.97 Å². The molecule has 1 aromatic heterocycles. The number of rotatable bonds is 7. The Kier molecular flexibility index (Phi) is 6.72. The monoisotopic (exact) mass is 436 g/mol. The van der Waals surface area contributed by atoms with Crippen molar-refractivity contribution in [3.8, 4) is 5.75 Å². The van der Waals surface area contributed by atoms with Gasteiger partial charge in [0, 0.05) is 43.6 Å². The van der Waals surface area contributed by atoms with Gasteiger partial charge in [0.1, 0.15) is 11.4 Å². The normalized spacial score (nSPS) is 14.9. The number of nitrogens with one attached hydrogen (secondary N) is 2. The van der Waals surface area contributed by atoms with Crippen molar-refractivity contribution >= 4 is 28.5 Å². The zero-order chi connectivity index (χ0) is 22.5. The molecule has 32 heavy (non-hydrogen) atoms. The molecule has 0 atom stereocenters. The van der Waals surface area contributed by atoms with Gasteiger partial charge in [-0.3, -0.25) is 14.6 Å². The van der Waals surface area contributed by atoms with Gasteiger partial charge in [0.25, 0.3) is 0 Å². The maximum absolute atomic E-state index is 12.8. The maximum Gasteiger partial charge on any atom is 0.356 e. The van der Waals surface area contributed by atoms with Crippen LogP contribution in [0.4, 0.5) is 5.69 Å². The van der Waals surface area contributed by atoms with Crippen LogP contribution in [0.25, 0.3) is 10.9 Å². The number of methoxy groups -OCH3 is 2. The van der Waals surface area contributed by atoms with Crippen molar-refractivity contribution in [3.05, 3.63) is 59.8 Å². The number of aromatic nitrogens is 1. The average molecular weight is 437 g/mol. The number of hydrogen-bond donors (Lipinski definition) is 2. The van der Waals surface area contributed by atoms with Crippen molar-refractivity contribution in [2.75, 3.05) is 52.3 Å². The molecule has 8 nitrogen and oxygen atoms in total. The van der Waals surface area contributed by atoms with Gasteiger partial charge in [0.05, 0.1) is 26.5 Å². The van der Waals surface area contributed by atoms with Crippen LogP contribution in [0, 0.1) is 0 Å². The lowest BCUT2D eigenvalue weighted by Crippen LogP contribution is -2.48. The van der Waals surface area contributed by atoms with Crippen LogP contribution in [-0.2, 0) is 16.1 Å². The van der Waals surface area contributed by atoms with Crippen molar-refractivity contribution in [1.82, 2.24) is 14.8 Å². The van der Waals surface area contributed by atoms with Crippen molar-refractivity contribution in [2.45, 2.75) is 6.54 Å². The fraction of sp³-hybridized carbons (Fsp3) is 0.333. The van der Waals surface area contributed by atoms with E-state index in [1.54, 1.807) is 19.2 Å². The topological polar surface area (TPSA) is 86.9 Å². The molecule has 0 radical (unpaired) electrons. The van der Waals surface area contributed by atoms with Crippen LogP contribution in [0.15, 0.2) is 48.5 Å². The molecule has 3 aromatic rings. The molecule has 2 N–H and O–H groups in total. The van der Waals surface area contributed by atoms with Crippen LogP contribution >= 0.6 is 0 Å². The molecule has 0 bridgehead atoms. The lowest BCUT2D eigenvalue weighted by atomic mass is 10.2. The second-order valence-corrected chi connectivity index (χ2v) is 7.86. The molecule has 1 aliphatic heterocycles. The smallest absolute Gasteiger partial charge is 0.356 e. The molecule has 0 saturated carbocycles. The van der Waals surface area contributed by atoms with Crippen LogP contribution in [0.2, 0.25) is 0 Å². The van der Waals surface area contributed by atoms with Crippen LogP contribution in [0.5, 0.6) is 5.75 Å². The molecule has 2 heterocycles. The van der Waals surface area contributed by atoms with Gasteiger partial charge in [-0.25, -0.2) is 4.79 Å². The Balaban J connectivity index is 1.40. The number of amides is 1. The first-order chi connectivity index (χ1) is 15.6. The Hall–Kier alpha value is -3.36. The second-order valence-electron chi connectivity index (χ2n) is 7.86. The summed E-state index contributed by atoms with van der Waals surface area (Å²) in [5.74, 6) is -0.0710. The summed E-state index contributed by atoms with van der Waals surface area (Å²) in [6, 6.07) is 15.8. The minimum absolute atomic E-state index is 0.171. The number of benzene rings is 2. The third-order valence-electron chi connectivity index (χ3n) is 5.74. The Morgan fingerprint density at radius 2 is 1.72 bits per heavy atom. The molecule has 2 aromatic carbocycles. The van der Waals surface area contributed by atoms with Gasteiger partial charge >= 0.3 is 5.97 Å². The lowest BCUT2D eigenvalue weighted by molar-refractivity contribution is -0.117. The number of carbonyl (C=O) groups excluding carboxylic acids is 2. The van der Waals surface area contributed by atoms with Gasteiger partial charge in [-0.15, -0.1) is 0 Å². The van der Waals surface area contributed by atoms with Gasteiger partial charge in [0.15, 0.2) is 0 Å². The molecule has 1 amide bonds. The maximum atomic E-state index is 12.8. The van der Waals surface area contributed by atoms with E-state index in [0.717, 1.165) is 38.2 Å². The minimum atomic E-state index is -0.537. The lowest BCUT2D eigenvalue weighted by Gasteiger charge is -2.34. The fourth-order valence-electron chi connectivity index (χ4n) is 4.01. The molecule has 168 valence electrons. The zero-order valence-corrected chi connectivity index (χ0v) is 18.4. The summed E-state index contributed by atoms with van der Waals surface area (Å²) >= 11 is 0. The van der Waals surface area contributed by atoms with E-state index >= 15 is 0 Å². The number of esters is 1. The standard InChI is InChI=1S/C24H28N4O4/c1-31-18-8-9-20-19(14-18)22(23(25-20)24(30)32-2)26-21(29)16-28-12-10-27(11-13-28)15-17-6-4-3-5-7-17/h3-9,14,25H,10-13,15-16H2,1-2H3,(H,26,29). The zero-order valence-electron chi connectivity index (χ0n) is 18.4. The van der Waals surface area contributed by atoms with Gasteiger partial charge in [0.2, 0.25) is 5.91 Å². The first-order valence-electron chi connectivity index (χ1n) is 10.6. The third-order valence-corrected chi connectivity index (χ3v) is 5.74. The minimum Gasteiger partial charge on any atom is -0.497 e.